The predicted molar refractivity (Wildman–Crippen MR) is 93.2 cm³/mol. The van der Waals surface area contributed by atoms with Crippen LogP contribution in [0.15, 0.2) is 58.5 Å². The number of thiophene rings is 1. The maximum atomic E-state index is 9.32. The van der Waals surface area contributed by atoms with Gasteiger partial charge in [0.15, 0.2) is 0 Å². The topological polar surface area (TPSA) is 71.9 Å². The summed E-state index contributed by atoms with van der Waals surface area (Å²) in [6.07, 6.45) is 5.25. The van der Waals surface area contributed by atoms with E-state index in [1.54, 1.807) is 19.3 Å². The molecule has 2 aromatic heterocycles. The van der Waals surface area contributed by atoms with E-state index in [4.69, 9.17) is 9.26 Å². The first-order valence-corrected chi connectivity index (χ1v) is 7.99. The molecule has 0 radical (unpaired) electrons. The second-order valence-electron chi connectivity index (χ2n) is 4.69. The molecule has 0 N–H and O–H groups in total. The van der Waals surface area contributed by atoms with E-state index in [9.17, 15) is 5.26 Å². The van der Waals surface area contributed by atoms with Crippen LogP contribution < -0.4 is 4.74 Å². The summed E-state index contributed by atoms with van der Waals surface area (Å²) in [4.78, 5) is 5.16. The van der Waals surface area contributed by atoms with Crippen LogP contribution in [0.25, 0.3) is 22.4 Å². The van der Waals surface area contributed by atoms with Crippen molar-refractivity contribution in [3.8, 4) is 22.5 Å². The zero-order valence-electron chi connectivity index (χ0n) is 12.8. The van der Waals surface area contributed by atoms with E-state index in [1.807, 2.05) is 47.9 Å². The number of rotatable bonds is 5. The smallest absolute Gasteiger partial charge is 0.268 e. The van der Waals surface area contributed by atoms with Crippen molar-refractivity contribution in [2.24, 2.45) is 0 Å². The van der Waals surface area contributed by atoms with Crippen LogP contribution in [0.4, 0.5) is 0 Å². The normalized spacial score (nSPS) is 11.6. The van der Waals surface area contributed by atoms with Crippen molar-refractivity contribution in [3.63, 3.8) is 0 Å². The number of hydrogen-bond acceptors (Lipinski definition) is 6. The first-order chi connectivity index (χ1) is 11.8. The van der Waals surface area contributed by atoms with Gasteiger partial charge in [0.25, 0.3) is 5.89 Å². The second kappa shape index (κ2) is 7.40. The van der Waals surface area contributed by atoms with Gasteiger partial charge in [-0.05, 0) is 23.6 Å². The quantitative estimate of drug-likeness (QED) is 0.509. The van der Waals surface area contributed by atoms with E-state index in [-0.39, 0.29) is 5.89 Å². The molecule has 0 atom stereocenters. The molecule has 118 valence electrons. The second-order valence-corrected chi connectivity index (χ2v) is 5.64. The number of aromatic nitrogens is 2. The summed E-state index contributed by atoms with van der Waals surface area (Å²) in [6.45, 7) is 0. The van der Waals surface area contributed by atoms with Crippen LogP contribution in [0.3, 0.4) is 0 Å². The van der Waals surface area contributed by atoms with E-state index in [1.165, 1.54) is 11.3 Å². The molecule has 0 fully saturated rings. The molecule has 0 spiro atoms. The van der Waals surface area contributed by atoms with E-state index in [0.29, 0.717) is 11.4 Å². The van der Waals surface area contributed by atoms with Crippen LogP contribution in [0.2, 0.25) is 0 Å². The molecular weight excluding hydrogens is 322 g/mol. The van der Waals surface area contributed by atoms with Crippen molar-refractivity contribution in [3.05, 3.63) is 65.4 Å². The SMILES string of the molecule is COc1ccccc1/C=C/C=C(\C#N)c1nc(-c2cccs2)no1. The van der Waals surface area contributed by atoms with Crippen molar-refractivity contribution in [1.82, 2.24) is 10.1 Å². The van der Waals surface area contributed by atoms with Gasteiger partial charge in [0, 0.05) is 5.56 Å². The van der Waals surface area contributed by atoms with Gasteiger partial charge in [-0.2, -0.15) is 10.2 Å². The lowest BCUT2D eigenvalue weighted by atomic mass is 10.1. The largest absolute Gasteiger partial charge is 0.496 e. The summed E-state index contributed by atoms with van der Waals surface area (Å²) in [6, 6.07) is 13.5. The number of nitrogens with zero attached hydrogens (tertiary/aromatic N) is 3. The molecular formula is C18H13N3O2S. The minimum absolute atomic E-state index is 0.200. The zero-order valence-corrected chi connectivity index (χ0v) is 13.7. The Morgan fingerprint density at radius 2 is 2.17 bits per heavy atom. The highest BCUT2D eigenvalue weighted by Crippen LogP contribution is 2.23. The highest BCUT2D eigenvalue weighted by Gasteiger charge is 2.12. The summed E-state index contributed by atoms with van der Waals surface area (Å²) >= 11 is 1.51. The summed E-state index contributed by atoms with van der Waals surface area (Å²) in [7, 11) is 1.62. The zero-order chi connectivity index (χ0) is 16.8. The van der Waals surface area contributed by atoms with Gasteiger partial charge < -0.3 is 9.26 Å². The molecule has 0 aliphatic rings. The first kappa shape index (κ1) is 15.7. The lowest BCUT2D eigenvalue weighted by Gasteiger charge is -2.02. The summed E-state index contributed by atoms with van der Waals surface area (Å²) in [5.41, 5.74) is 1.22. The number of para-hydroxylation sites is 1. The summed E-state index contributed by atoms with van der Waals surface area (Å²) in [5.74, 6) is 1.44. The van der Waals surface area contributed by atoms with Crippen molar-refractivity contribution < 1.29 is 9.26 Å². The van der Waals surface area contributed by atoms with Crippen molar-refractivity contribution >= 4 is 23.0 Å². The molecule has 0 amide bonds. The lowest BCUT2D eigenvalue weighted by molar-refractivity contribution is 0.409. The lowest BCUT2D eigenvalue weighted by Crippen LogP contribution is -1.85. The Labute approximate surface area is 143 Å². The Balaban J connectivity index is 1.83. The van der Waals surface area contributed by atoms with E-state index >= 15 is 0 Å². The van der Waals surface area contributed by atoms with Gasteiger partial charge in [0.1, 0.15) is 17.4 Å². The average Bonchev–Trinajstić information content (AvgIpc) is 3.30. The fraction of sp³-hybridized carbons (Fsp3) is 0.0556. The van der Waals surface area contributed by atoms with Crippen molar-refractivity contribution in [1.29, 1.82) is 5.26 Å². The van der Waals surface area contributed by atoms with Gasteiger partial charge in [-0.1, -0.05) is 41.6 Å². The number of allylic oxidation sites excluding steroid dienone is 3. The third kappa shape index (κ3) is 3.42. The third-order valence-corrected chi connectivity index (χ3v) is 4.06. The number of methoxy groups -OCH3 is 1. The molecule has 3 rings (SSSR count). The molecule has 0 aliphatic heterocycles. The monoisotopic (exact) mass is 335 g/mol. The van der Waals surface area contributed by atoms with Gasteiger partial charge in [-0.25, -0.2) is 0 Å². The molecule has 0 unspecified atom stereocenters. The first-order valence-electron chi connectivity index (χ1n) is 7.11. The van der Waals surface area contributed by atoms with Crippen molar-refractivity contribution in [2.75, 3.05) is 7.11 Å². The fourth-order valence-corrected chi connectivity index (χ4v) is 2.70. The third-order valence-electron chi connectivity index (χ3n) is 3.20. The maximum absolute atomic E-state index is 9.32. The molecule has 0 bridgehead atoms. The standard InChI is InChI=1S/C18H13N3O2S/c1-22-15-9-3-2-6-13(15)7-4-8-14(12-19)18-20-17(21-23-18)16-10-5-11-24-16/h2-11H,1H3/b7-4+,14-8+. The highest BCUT2D eigenvalue weighted by molar-refractivity contribution is 7.13. The Kier molecular flexibility index (Phi) is 4.84. The molecule has 6 heteroatoms. The van der Waals surface area contributed by atoms with Crippen LogP contribution in [0.1, 0.15) is 11.5 Å². The molecule has 0 aliphatic carbocycles. The predicted octanol–water partition coefficient (Wildman–Crippen LogP) is 4.43. The molecule has 2 heterocycles. The van der Waals surface area contributed by atoms with E-state index < -0.39 is 0 Å². The van der Waals surface area contributed by atoms with Gasteiger partial charge in [0.05, 0.1) is 12.0 Å². The Hall–Kier alpha value is -3.17. The molecule has 24 heavy (non-hydrogen) atoms. The average molecular weight is 335 g/mol. The Bertz CT molecular complexity index is 918. The van der Waals surface area contributed by atoms with Crippen LogP contribution >= 0.6 is 11.3 Å². The Morgan fingerprint density at radius 3 is 2.92 bits per heavy atom. The van der Waals surface area contributed by atoms with Gasteiger partial charge in [-0.15, -0.1) is 11.3 Å². The summed E-state index contributed by atoms with van der Waals surface area (Å²) in [5, 5.41) is 15.2. The molecule has 0 saturated heterocycles. The number of benzene rings is 1. The maximum Gasteiger partial charge on any atom is 0.268 e. The van der Waals surface area contributed by atoms with E-state index in [0.717, 1.165) is 16.2 Å². The van der Waals surface area contributed by atoms with Gasteiger partial charge in [0.2, 0.25) is 5.82 Å². The molecule has 3 aromatic rings. The minimum Gasteiger partial charge on any atom is -0.496 e. The van der Waals surface area contributed by atoms with Gasteiger partial charge in [-0.3, -0.25) is 0 Å². The highest BCUT2D eigenvalue weighted by atomic mass is 32.1. The van der Waals surface area contributed by atoms with E-state index in [2.05, 4.69) is 16.2 Å². The molecule has 5 nitrogen and oxygen atoms in total. The minimum atomic E-state index is 0.200. The van der Waals surface area contributed by atoms with Crippen LogP contribution in [0, 0.1) is 11.3 Å². The van der Waals surface area contributed by atoms with Crippen LogP contribution in [-0.2, 0) is 0 Å². The molecule has 0 saturated carbocycles. The van der Waals surface area contributed by atoms with Crippen LogP contribution in [-0.4, -0.2) is 17.3 Å². The summed E-state index contributed by atoms with van der Waals surface area (Å²) < 4.78 is 10.5. The van der Waals surface area contributed by atoms with Gasteiger partial charge >= 0.3 is 0 Å². The Morgan fingerprint density at radius 1 is 1.29 bits per heavy atom. The van der Waals surface area contributed by atoms with Crippen LogP contribution in [0.5, 0.6) is 5.75 Å². The fourth-order valence-electron chi connectivity index (χ4n) is 2.05. The number of ether oxygens (including phenoxy) is 1. The number of hydrogen-bond donors (Lipinski definition) is 0. The number of nitriles is 1. The van der Waals surface area contributed by atoms with Crippen molar-refractivity contribution in [2.45, 2.75) is 0 Å². The molecule has 1 aromatic carbocycles.